The molecule has 0 atom stereocenters. The quantitative estimate of drug-likeness (QED) is 0.805. The van der Waals surface area contributed by atoms with Gasteiger partial charge in [0.15, 0.2) is 5.13 Å². The van der Waals surface area contributed by atoms with E-state index in [2.05, 4.69) is 10.3 Å². The van der Waals surface area contributed by atoms with Crippen LogP contribution in [0.15, 0.2) is 23.6 Å². The summed E-state index contributed by atoms with van der Waals surface area (Å²) in [5.41, 5.74) is 6.26. The van der Waals surface area contributed by atoms with Gasteiger partial charge in [-0.15, -0.1) is 11.3 Å². The first-order chi connectivity index (χ1) is 8.08. The van der Waals surface area contributed by atoms with E-state index in [1.165, 1.54) is 29.5 Å². The molecule has 0 spiro atoms. The third-order valence-corrected chi connectivity index (χ3v) is 3.01. The molecule has 88 valence electrons. The van der Waals surface area contributed by atoms with Crippen LogP contribution in [0.5, 0.6) is 0 Å². The van der Waals surface area contributed by atoms with Crippen LogP contribution in [0.1, 0.15) is 16.1 Å². The first-order valence-electron chi connectivity index (χ1n) is 4.85. The Morgan fingerprint density at radius 1 is 1.53 bits per heavy atom. The van der Waals surface area contributed by atoms with Crippen LogP contribution >= 0.6 is 11.3 Å². The van der Waals surface area contributed by atoms with E-state index in [1.807, 2.05) is 12.3 Å². The number of amides is 1. The van der Waals surface area contributed by atoms with Crippen LogP contribution in [-0.4, -0.2) is 10.9 Å². The third-order valence-electron chi connectivity index (χ3n) is 2.14. The molecular formula is C11H10FN3OS. The van der Waals surface area contributed by atoms with E-state index < -0.39 is 11.7 Å². The lowest BCUT2D eigenvalue weighted by atomic mass is 10.1. The number of nitrogens with one attached hydrogen (secondary N) is 1. The minimum absolute atomic E-state index is 0.109. The maximum Gasteiger partial charge on any atom is 0.259 e. The zero-order valence-corrected chi connectivity index (χ0v) is 9.84. The molecule has 6 heteroatoms. The van der Waals surface area contributed by atoms with Gasteiger partial charge >= 0.3 is 0 Å². The molecule has 0 fully saturated rings. The number of benzene rings is 1. The monoisotopic (exact) mass is 251 g/mol. The molecule has 4 nitrogen and oxygen atoms in total. The number of hydrogen-bond donors (Lipinski definition) is 2. The number of para-hydroxylation sites is 1. The second kappa shape index (κ2) is 4.50. The molecule has 2 aromatic rings. The number of aryl methyl sites for hydroxylation is 1. The molecule has 1 aromatic carbocycles. The van der Waals surface area contributed by atoms with Crippen molar-refractivity contribution in [1.29, 1.82) is 0 Å². The van der Waals surface area contributed by atoms with Crippen molar-refractivity contribution < 1.29 is 9.18 Å². The molecule has 2 rings (SSSR count). The van der Waals surface area contributed by atoms with Gasteiger partial charge in [-0.2, -0.15) is 0 Å². The maximum absolute atomic E-state index is 13.2. The van der Waals surface area contributed by atoms with Gasteiger partial charge in [-0.05, 0) is 19.1 Å². The minimum atomic E-state index is -0.604. The Kier molecular flexibility index (Phi) is 3.06. The highest BCUT2D eigenvalue weighted by atomic mass is 32.1. The lowest BCUT2D eigenvalue weighted by Crippen LogP contribution is -2.14. The van der Waals surface area contributed by atoms with Crippen molar-refractivity contribution in [1.82, 2.24) is 4.98 Å². The number of nitrogens with two attached hydrogens (primary N) is 1. The zero-order chi connectivity index (χ0) is 12.4. The summed E-state index contributed by atoms with van der Waals surface area (Å²) in [6.45, 7) is 1.82. The molecule has 3 N–H and O–H groups in total. The number of hydrogen-bond acceptors (Lipinski definition) is 4. The molecule has 0 saturated heterocycles. The number of carbonyl (C=O) groups is 1. The fourth-order valence-corrected chi connectivity index (χ4v) is 1.99. The van der Waals surface area contributed by atoms with Gasteiger partial charge in [0.25, 0.3) is 5.91 Å². The van der Waals surface area contributed by atoms with Crippen molar-refractivity contribution in [2.45, 2.75) is 6.92 Å². The first kappa shape index (κ1) is 11.5. The minimum Gasteiger partial charge on any atom is -0.396 e. The number of nitrogen functional groups attached to an aromatic ring is 1. The fraction of sp³-hybridized carbons (Fsp3) is 0.0909. The zero-order valence-electron chi connectivity index (χ0n) is 9.03. The van der Waals surface area contributed by atoms with E-state index in [1.54, 1.807) is 0 Å². The molecule has 0 unspecified atom stereocenters. The number of thiazole rings is 1. The van der Waals surface area contributed by atoms with E-state index in [0.29, 0.717) is 5.13 Å². The van der Waals surface area contributed by atoms with Gasteiger partial charge in [0.1, 0.15) is 5.82 Å². The number of nitrogens with zero attached hydrogens (tertiary/aromatic N) is 1. The molecule has 1 heterocycles. The van der Waals surface area contributed by atoms with E-state index in [9.17, 15) is 9.18 Å². The van der Waals surface area contributed by atoms with Gasteiger partial charge in [0, 0.05) is 5.38 Å². The molecule has 1 aromatic heterocycles. The predicted molar refractivity (Wildman–Crippen MR) is 65.6 cm³/mol. The van der Waals surface area contributed by atoms with E-state index in [-0.39, 0.29) is 11.3 Å². The Bertz CT molecular complexity index is 568. The number of halogens is 1. The lowest BCUT2D eigenvalue weighted by molar-refractivity contribution is 0.102. The molecule has 0 aliphatic heterocycles. The van der Waals surface area contributed by atoms with Gasteiger partial charge in [0.2, 0.25) is 0 Å². The van der Waals surface area contributed by atoms with Crippen molar-refractivity contribution in [2.75, 3.05) is 11.1 Å². The van der Waals surface area contributed by atoms with E-state index in [0.717, 1.165) is 5.69 Å². The summed E-state index contributed by atoms with van der Waals surface area (Å²) >= 11 is 1.30. The largest absolute Gasteiger partial charge is 0.396 e. The van der Waals surface area contributed by atoms with Gasteiger partial charge in [0.05, 0.1) is 16.9 Å². The van der Waals surface area contributed by atoms with Crippen LogP contribution in [0.25, 0.3) is 0 Å². The van der Waals surface area contributed by atoms with Gasteiger partial charge in [-0.3, -0.25) is 10.1 Å². The summed E-state index contributed by atoms with van der Waals surface area (Å²) in [5, 5.41) is 4.85. The topological polar surface area (TPSA) is 68.0 Å². The highest BCUT2D eigenvalue weighted by Gasteiger charge is 2.13. The Labute approximate surface area is 101 Å². The normalized spacial score (nSPS) is 10.2. The molecule has 17 heavy (non-hydrogen) atoms. The van der Waals surface area contributed by atoms with Crippen molar-refractivity contribution in [2.24, 2.45) is 0 Å². The number of anilines is 2. The highest BCUT2D eigenvalue weighted by Crippen LogP contribution is 2.19. The predicted octanol–water partition coefficient (Wildman–Crippen LogP) is 2.43. The second-order valence-corrected chi connectivity index (χ2v) is 4.31. The maximum atomic E-state index is 13.2. The molecule has 0 aliphatic carbocycles. The van der Waals surface area contributed by atoms with E-state index >= 15 is 0 Å². The summed E-state index contributed by atoms with van der Waals surface area (Å²) < 4.78 is 13.2. The van der Waals surface area contributed by atoms with Gasteiger partial charge in [-0.1, -0.05) is 6.07 Å². The van der Waals surface area contributed by atoms with Gasteiger partial charge in [-0.25, -0.2) is 9.37 Å². The summed E-state index contributed by atoms with van der Waals surface area (Å²) in [6.07, 6.45) is 0. The van der Waals surface area contributed by atoms with Crippen molar-refractivity contribution >= 4 is 28.1 Å². The first-order valence-corrected chi connectivity index (χ1v) is 5.73. The van der Waals surface area contributed by atoms with Crippen molar-refractivity contribution in [3.05, 3.63) is 40.7 Å². The second-order valence-electron chi connectivity index (χ2n) is 3.45. The molecule has 1 amide bonds. The molecular weight excluding hydrogens is 241 g/mol. The summed E-state index contributed by atoms with van der Waals surface area (Å²) in [6, 6.07) is 4.11. The molecule has 0 bridgehead atoms. The lowest BCUT2D eigenvalue weighted by Gasteiger charge is -2.05. The number of aromatic nitrogens is 1. The Hall–Kier alpha value is -1.95. The van der Waals surface area contributed by atoms with Gasteiger partial charge < -0.3 is 5.73 Å². The Morgan fingerprint density at radius 3 is 2.94 bits per heavy atom. The standard InChI is InChI=1S/C11H10FN3OS/c1-6-5-17-11(14-6)15-10(16)7-3-2-4-8(12)9(7)13/h2-5H,13H2,1H3,(H,14,15,16). The molecule has 0 aliphatic rings. The third kappa shape index (κ3) is 2.42. The van der Waals surface area contributed by atoms with Crippen molar-refractivity contribution in [3.63, 3.8) is 0 Å². The van der Waals surface area contributed by atoms with Crippen LogP contribution in [0.3, 0.4) is 0 Å². The van der Waals surface area contributed by atoms with Crippen LogP contribution in [0.2, 0.25) is 0 Å². The average molecular weight is 251 g/mol. The highest BCUT2D eigenvalue weighted by molar-refractivity contribution is 7.13. The Morgan fingerprint density at radius 2 is 2.29 bits per heavy atom. The molecule has 0 radical (unpaired) electrons. The molecule has 0 saturated carbocycles. The van der Waals surface area contributed by atoms with Crippen molar-refractivity contribution in [3.8, 4) is 0 Å². The SMILES string of the molecule is Cc1csc(NC(=O)c2cccc(F)c2N)n1. The Balaban J connectivity index is 2.23. The fourth-order valence-electron chi connectivity index (χ4n) is 1.31. The van der Waals surface area contributed by atoms with E-state index in [4.69, 9.17) is 5.73 Å². The van der Waals surface area contributed by atoms with Crippen LogP contribution in [-0.2, 0) is 0 Å². The smallest absolute Gasteiger partial charge is 0.259 e. The summed E-state index contributed by atoms with van der Waals surface area (Å²) in [5.74, 6) is -1.07. The van der Waals surface area contributed by atoms with Crippen LogP contribution in [0, 0.1) is 12.7 Å². The number of carbonyl (C=O) groups excluding carboxylic acids is 1. The van der Waals surface area contributed by atoms with Crippen LogP contribution < -0.4 is 11.1 Å². The average Bonchev–Trinajstić information content (AvgIpc) is 2.68. The summed E-state index contributed by atoms with van der Waals surface area (Å²) in [7, 11) is 0. The summed E-state index contributed by atoms with van der Waals surface area (Å²) in [4.78, 5) is 15.9. The van der Waals surface area contributed by atoms with Crippen LogP contribution in [0.4, 0.5) is 15.2 Å². The number of rotatable bonds is 2.